The summed E-state index contributed by atoms with van der Waals surface area (Å²) in [5.41, 5.74) is -0.518. The van der Waals surface area contributed by atoms with Crippen LogP contribution < -0.4 is 5.32 Å². The van der Waals surface area contributed by atoms with Gasteiger partial charge in [0.25, 0.3) is 0 Å². The zero-order valence-electron chi connectivity index (χ0n) is 12.1. The van der Waals surface area contributed by atoms with Crippen LogP contribution in [0.25, 0.3) is 0 Å². The Kier molecular flexibility index (Phi) is 4.62. The van der Waals surface area contributed by atoms with Gasteiger partial charge in [-0.15, -0.1) is 11.8 Å². The predicted molar refractivity (Wildman–Crippen MR) is 88.5 cm³/mol. The number of carbonyl (C=O) groups excluding carboxylic acids is 1. The largest absolute Gasteiger partial charge is 0.468 e. The lowest BCUT2D eigenvalue weighted by Gasteiger charge is -2.32. The highest BCUT2D eigenvalue weighted by Gasteiger charge is 2.53. The van der Waals surface area contributed by atoms with E-state index >= 15 is 0 Å². The molecule has 0 amide bonds. The zero-order valence-corrected chi connectivity index (χ0v) is 14.5. The van der Waals surface area contributed by atoms with E-state index in [0.29, 0.717) is 12.0 Å². The van der Waals surface area contributed by atoms with Gasteiger partial charge in [0.1, 0.15) is 5.54 Å². The molecule has 0 radical (unpaired) electrons. The van der Waals surface area contributed by atoms with Crippen LogP contribution in [-0.2, 0) is 9.53 Å². The van der Waals surface area contributed by atoms with E-state index in [2.05, 4.69) is 27.3 Å². The van der Waals surface area contributed by atoms with Crippen LogP contribution in [0, 0.1) is 5.92 Å². The van der Waals surface area contributed by atoms with Crippen LogP contribution in [0.15, 0.2) is 33.6 Å². The molecule has 1 atom stereocenters. The first-order valence-electron chi connectivity index (χ1n) is 7.39. The third-order valence-electron chi connectivity index (χ3n) is 4.15. The number of halogens is 1. The summed E-state index contributed by atoms with van der Waals surface area (Å²) in [4.78, 5) is 13.6. The molecular weight excluding hydrogens is 350 g/mol. The van der Waals surface area contributed by atoms with E-state index in [1.165, 1.54) is 24.8 Å². The van der Waals surface area contributed by atoms with E-state index in [1.54, 1.807) is 11.8 Å². The van der Waals surface area contributed by atoms with Crippen molar-refractivity contribution in [1.29, 1.82) is 0 Å². The molecule has 1 unspecified atom stereocenters. The van der Waals surface area contributed by atoms with Gasteiger partial charge in [-0.1, -0.05) is 12.1 Å². The zero-order chi connectivity index (χ0) is 14.9. The molecule has 1 aromatic rings. The normalized spacial score (nSPS) is 20.9. The fraction of sp³-hybridized carbons (Fsp3) is 0.562. The van der Waals surface area contributed by atoms with Crippen molar-refractivity contribution in [2.45, 2.75) is 42.2 Å². The van der Waals surface area contributed by atoms with Crippen molar-refractivity contribution in [1.82, 2.24) is 5.32 Å². The Labute approximate surface area is 138 Å². The summed E-state index contributed by atoms with van der Waals surface area (Å²) in [6, 6.07) is 8.64. The molecule has 0 spiro atoms. The van der Waals surface area contributed by atoms with Gasteiger partial charge in [-0.3, -0.25) is 10.1 Å². The Morgan fingerprint density at radius 1 is 1.38 bits per heavy atom. The van der Waals surface area contributed by atoms with Crippen molar-refractivity contribution in [3.8, 4) is 0 Å². The number of carbonyl (C=O) groups is 1. The van der Waals surface area contributed by atoms with Crippen LogP contribution in [0.4, 0.5) is 0 Å². The number of hydrogen-bond acceptors (Lipinski definition) is 4. The molecule has 5 heteroatoms. The van der Waals surface area contributed by atoms with Crippen LogP contribution in [0.5, 0.6) is 0 Å². The molecule has 0 heterocycles. The fourth-order valence-electron chi connectivity index (χ4n) is 2.67. The highest BCUT2D eigenvalue weighted by atomic mass is 79.9. The summed E-state index contributed by atoms with van der Waals surface area (Å²) in [5.74, 6) is 1.04. The molecule has 0 saturated heterocycles. The second-order valence-electron chi connectivity index (χ2n) is 5.87. The Bertz CT molecular complexity index is 531. The highest BCUT2D eigenvalue weighted by Crippen LogP contribution is 2.45. The minimum atomic E-state index is -0.518. The van der Waals surface area contributed by atoms with Crippen LogP contribution in [-0.4, -0.2) is 30.4 Å². The Morgan fingerprint density at radius 3 is 2.67 bits per heavy atom. The average molecular weight is 370 g/mol. The molecule has 0 bridgehead atoms. The van der Waals surface area contributed by atoms with E-state index < -0.39 is 5.54 Å². The summed E-state index contributed by atoms with van der Waals surface area (Å²) >= 11 is 5.30. The minimum Gasteiger partial charge on any atom is -0.468 e. The third-order valence-corrected chi connectivity index (χ3v) is 6.38. The van der Waals surface area contributed by atoms with Gasteiger partial charge in [-0.2, -0.15) is 0 Å². The van der Waals surface area contributed by atoms with E-state index in [1.807, 2.05) is 18.2 Å². The SMILES string of the molecule is COC(=O)C(CSc1ccccc1Br)(NC1CC1)C1CC1. The van der Waals surface area contributed by atoms with Gasteiger partial charge in [-0.05, 0) is 59.7 Å². The molecule has 0 aliphatic heterocycles. The number of thioether (sulfide) groups is 1. The van der Waals surface area contributed by atoms with Gasteiger partial charge < -0.3 is 4.74 Å². The van der Waals surface area contributed by atoms with Gasteiger partial charge >= 0.3 is 5.97 Å². The number of methoxy groups -OCH3 is 1. The first-order valence-corrected chi connectivity index (χ1v) is 9.17. The fourth-order valence-corrected chi connectivity index (χ4v) is 4.49. The first kappa shape index (κ1) is 15.4. The number of rotatable bonds is 7. The summed E-state index contributed by atoms with van der Waals surface area (Å²) in [5, 5.41) is 3.60. The van der Waals surface area contributed by atoms with E-state index in [9.17, 15) is 4.79 Å². The number of hydrogen-bond donors (Lipinski definition) is 1. The van der Waals surface area contributed by atoms with Gasteiger partial charge in [0.2, 0.25) is 0 Å². The quantitative estimate of drug-likeness (QED) is 0.588. The molecule has 2 aliphatic rings. The smallest absolute Gasteiger partial charge is 0.327 e. The molecule has 3 rings (SSSR count). The van der Waals surface area contributed by atoms with Crippen LogP contribution >= 0.6 is 27.7 Å². The number of nitrogens with one attached hydrogen (secondary N) is 1. The van der Waals surface area contributed by atoms with Crippen molar-refractivity contribution in [2.75, 3.05) is 12.9 Å². The second kappa shape index (κ2) is 6.31. The van der Waals surface area contributed by atoms with Gasteiger partial charge in [0, 0.05) is 21.2 Å². The van der Waals surface area contributed by atoms with Crippen molar-refractivity contribution in [3.63, 3.8) is 0 Å². The molecule has 2 fully saturated rings. The monoisotopic (exact) mass is 369 g/mol. The lowest BCUT2D eigenvalue weighted by molar-refractivity contribution is -0.148. The molecular formula is C16H20BrNO2S. The van der Waals surface area contributed by atoms with Gasteiger partial charge in [0.15, 0.2) is 0 Å². The average Bonchev–Trinajstić information content (AvgIpc) is 3.37. The maximum absolute atomic E-state index is 12.5. The van der Waals surface area contributed by atoms with Gasteiger partial charge in [-0.25, -0.2) is 0 Å². The molecule has 2 saturated carbocycles. The van der Waals surface area contributed by atoms with Crippen LogP contribution in [0.1, 0.15) is 25.7 Å². The minimum absolute atomic E-state index is 0.101. The van der Waals surface area contributed by atoms with Gasteiger partial charge in [0.05, 0.1) is 7.11 Å². The predicted octanol–water partition coefficient (Wildman–Crippen LogP) is 3.62. The Balaban J connectivity index is 1.77. The summed E-state index contributed by atoms with van der Waals surface area (Å²) < 4.78 is 6.22. The van der Waals surface area contributed by atoms with Crippen LogP contribution in [0.2, 0.25) is 0 Å². The molecule has 1 N–H and O–H groups in total. The lowest BCUT2D eigenvalue weighted by atomic mass is 9.95. The standard InChI is InChI=1S/C16H20BrNO2S/c1-20-15(19)16(11-6-7-11,18-12-8-9-12)10-21-14-5-3-2-4-13(14)17/h2-5,11-12,18H,6-10H2,1H3. The van der Waals surface area contributed by atoms with E-state index in [4.69, 9.17) is 4.74 Å². The molecule has 1 aromatic carbocycles. The Morgan fingerprint density at radius 2 is 2.10 bits per heavy atom. The lowest BCUT2D eigenvalue weighted by Crippen LogP contribution is -2.57. The Hall–Kier alpha value is -0.520. The summed E-state index contributed by atoms with van der Waals surface area (Å²) in [6.45, 7) is 0. The van der Waals surface area contributed by atoms with E-state index in [-0.39, 0.29) is 5.97 Å². The highest BCUT2D eigenvalue weighted by molar-refractivity contribution is 9.10. The number of benzene rings is 1. The first-order chi connectivity index (χ1) is 10.2. The molecule has 0 aromatic heterocycles. The summed E-state index contributed by atoms with van der Waals surface area (Å²) in [6.07, 6.45) is 4.58. The number of esters is 1. The third kappa shape index (κ3) is 3.46. The summed E-state index contributed by atoms with van der Waals surface area (Å²) in [7, 11) is 1.50. The van der Waals surface area contributed by atoms with Crippen molar-refractivity contribution in [2.24, 2.45) is 5.92 Å². The molecule has 21 heavy (non-hydrogen) atoms. The van der Waals surface area contributed by atoms with E-state index in [0.717, 1.165) is 23.1 Å². The molecule has 114 valence electrons. The van der Waals surface area contributed by atoms with Crippen molar-refractivity contribution < 1.29 is 9.53 Å². The van der Waals surface area contributed by atoms with Crippen molar-refractivity contribution in [3.05, 3.63) is 28.7 Å². The maximum Gasteiger partial charge on any atom is 0.327 e. The molecule has 2 aliphatic carbocycles. The van der Waals surface area contributed by atoms with Crippen LogP contribution in [0.3, 0.4) is 0 Å². The molecule has 3 nitrogen and oxygen atoms in total. The number of ether oxygens (including phenoxy) is 1. The maximum atomic E-state index is 12.5. The second-order valence-corrected chi connectivity index (χ2v) is 7.75. The topological polar surface area (TPSA) is 38.3 Å². The van der Waals surface area contributed by atoms with Crippen molar-refractivity contribution >= 4 is 33.7 Å².